The second-order valence-corrected chi connectivity index (χ2v) is 5.53. The molecule has 18 heavy (non-hydrogen) atoms. The maximum atomic E-state index is 5.80. The summed E-state index contributed by atoms with van der Waals surface area (Å²) < 4.78 is 12.1. The van der Waals surface area contributed by atoms with Crippen LogP contribution in [0.3, 0.4) is 0 Å². The molecule has 1 aromatic rings. The zero-order valence-electron chi connectivity index (χ0n) is 11.3. The summed E-state index contributed by atoms with van der Waals surface area (Å²) in [4.78, 5) is 0. The quantitative estimate of drug-likeness (QED) is 0.839. The van der Waals surface area contributed by atoms with Crippen LogP contribution in [-0.4, -0.2) is 20.3 Å². The molecule has 1 aromatic carbocycles. The van der Waals surface area contributed by atoms with E-state index in [4.69, 9.17) is 15.2 Å². The van der Waals surface area contributed by atoms with Crippen molar-refractivity contribution in [2.45, 2.75) is 26.7 Å². The number of benzene rings is 1. The van der Waals surface area contributed by atoms with E-state index in [0.717, 1.165) is 34.4 Å². The number of hydrogen-bond donors (Lipinski definition) is 1. The van der Waals surface area contributed by atoms with Gasteiger partial charge in [-0.15, -0.1) is 0 Å². The molecular weight excluding hydrogens is 294 g/mol. The Hall–Kier alpha value is -0.740. The summed E-state index contributed by atoms with van der Waals surface area (Å²) in [5.74, 6) is 2.17. The molecule has 3 nitrogen and oxygen atoms in total. The van der Waals surface area contributed by atoms with Gasteiger partial charge in [-0.2, -0.15) is 0 Å². The molecule has 4 heteroatoms. The van der Waals surface area contributed by atoms with Gasteiger partial charge in [0.25, 0.3) is 0 Å². The van der Waals surface area contributed by atoms with Crippen LogP contribution in [0.25, 0.3) is 0 Å². The van der Waals surface area contributed by atoms with E-state index >= 15 is 0 Å². The smallest absolute Gasteiger partial charge is 0.175 e. The minimum Gasteiger partial charge on any atom is -0.493 e. The van der Waals surface area contributed by atoms with E-state index in [1.54, 1.807) is 7.11 Å². The van der Waals surface area contributed by atoms with Gasteiger partial charge in [-0.25, -0.2) is 0 Å². The first kappa shape index (κ1) is 15.3. The zero-order chi connectivity index (χ0) is 13.5. The largest absolute Gasteiger partial charge is 0.493 e. The summed E-state index contributed by atoms with van der Waals surface area (Å²) in [5.41, 5.74) is 6.72. The monoisotopic (exact) mass is 315 g/mol. The second kappa shape index (κ2) is 7.64. The molecular formula is C14H22BrNO2. The van der Waals surface area contributed by atoms with E-state index in [-0.39, 0.29) is 0 Å². The van der Waals surface area contributed by atoms with Crippen LogP contribution < -0.4 is 15.2 Å². The first-order valence-corrected chi connectivity index (χ1v) is 7.07. The fraction of sp³-hybridized carbons (Fsp3) is 0.571. The Morgan fingerprint density at radius 2 is 2.06 bits per heavy atom. The third kappa shape index (κ3) is 4.50. The van der Waals surface area contributed by atoms with Crippen molar-refractivity contribution in [3.05, 3.63) is 22.2 Å². The maximum absolute atomic E-state index is 5.80. The van der Waals surface area contributed by atoms with Gasteiger partial charge in [0.1, 0.15) is 0 Å². The Kier molecular flexibility index (Phi) is 6.50. The van der Waals surface area contributed by atoms with Gasteiger partial charge in [0.05, 0.1) is 18.2 Å². The Morgan fingerprint density at radius 1 is 1.33 bits per heavy atom. The molecule has 1 rings (SSSR count). The van der Waals surface area contributed by atoms with Crippen LogP contribution in [0.4, 0.5) is 0 Å². The van der Waals surface area contributed by atoms with E-state index in [9.17, 15) is 0 Å². The Bertz CT molecular complexity index is 380. The van der Waals surface area contributed by atoms with E-state index < -0.39 is 0 Å². The normalized spacial score (nSPS) is 10.8. The molecule has 0 heterocycles. The Labute approximate surface area is 118 Å². The molecule has 0 saturated carbocycles. The van der Waals surface area contributed by atoms with Crippen molar-refractivity contribution in [3.8, 4) is 11.5 Å². The number of nitrogens with two attached hydrogens (primary N) is 1. The lowest BCUT2D eigenvalue weighted by Crippen LogP contribution is -2.06. The topological polar surface area (TPSA) is 44.5 Å². The van der Waals surface area contributed by atoms with Gasteiger partial charge in [0, 0.05) is 0 Å². The van der Waals surface area contributed by atoms with Gasteiger partial charge in [-0.1, -0.05) is 13.8 Å². The van der Waals surface area contributed by atoms with Gasteiger partial charge in [-0.3, -0.25) is 0 Å². The molecule has 0 amide bonds. The highest BCUT2D eigenvalue weighted by molar-refractivity contribution is 9.10. The number of halogens is 1. The highest BCUT2D eigenvalue weighted by Crippen LogP contribution is 2.36. The Morgan fingerprint density at radius 3 is 2.61 bits per heavy atom. The Balaban J connectivity index is 2.82. The number of rotatable bonds is 7. The van der Waals surface area contributed by atoms with Gasteiger partial charge >= 0.3 is 0 Å². The number of hydrogen-bond acceptors (Lipinski definition) is 3. The molecule has 0 aliphatic carbocycles. The number of methoxy groups -OCH3 is 1. The molecule has 102 valence electrons. The summed E-state index contributed by atoms with van der Waals surface area (Å²) in [6.07, 6.45) is 1.86. The van der Waals surface area contributed by atoms with E-state index in [1.807, 2.05) is 12.1 Å². The van der Waals surface area contributed by atoms with Gasteiger partial charge < -0.3 is 15.2 Å². The van der Waals surface area contributed by atoms with E-state index in [0.29, 0.717) is 19.1 Å². The molecule has 0 saturated heterocycles. The predicted octanol–water partition coefficient (Wildman–Crippen LogP) is 3.38. The van der Waals surface area contributed by atoms with Crippen molar-refractivity contribution in [2.24, 2.45) is 11.7 Å². The van der Waals surface area contributed by atoms with Crippen molar-refractivity contribution in [1.82, 2.24) is 0 Å². The van der Waals surface area contributed by atoms with Crippen molar-refractivity contribution >= 4 is 15.9 Å². The average molecular weight is 316 g/mol. The van der Waals surface area contributed by atoms with Crippen LogP contribution in [0.1, 0.15) is 25.8 Å². The first-order valence-electron chi connectivity index (χ1n) is 6.27. The molecule has 0 unspecified atom stereocenters. The summed E-state index contributed by atoms with van der Waals surface area (Å²) in [7, 11) is 1.66. The van der Waals surface area contributed by atoms with Crippen molar-refractivity contribution in [2.75, 3.05) is 20.3 Å². The van der Waals surface area contributed by atoms with Crippen molar-refractivity contribution in [1.29, 1.82) is 0 Å². The lowest BCUT2D eigenvalue weighted by Gasteiger charge is -2.15. The molecule has 0 fully saturated rings. The fourth-order valence-electron chi connectivity index (χ4n) is 1.62. The van der Waals surface area contributed by atoms with Crippen molar-refractivity contribution in [3.63, 3.8) is 0 Å². The standard InChI is InChI=1S/C14H22BrNO2/c1-10(2)5-7-18-14-12(15)8-11(4-6-16)9-13(14)17-3/h8-10H,4-7,16H2,1-3H3. The van der Waals surface area contributed by atoms with Gasteiger partial charge in [-0.05, 0) is 58.9 Å². The molecule has 0 aliphatic heterocycles. The average Bonchev–Trinajstić information content (AvgIpc) is 2.31. The second-order valence-electron chi connectivity index (χ2n) is 4.68. The number of ether oxygens (including phenoxy) is 2. The lowest BCUT2D eigenvalue weighted by atomic mass is 10.1. The van der Waals surface area contributed by atoms with Crippen molar-refractivity contribution < 1.29 is 9.47 Å². The molecule has 2 N–H and O–H groups in total. The molecule has 0 atom stereocenters. The van der Waals surface area contributed by atoms with Crippen LogP contribution >= 0.6 is 15.9 Å². The molecule has 0 radical (unpaired) electrons. The highest BCUT2D eigenvalue weighted by atomic mass is 79.9. The third-order valence-electron chi connectivity index (χ3n) is 2.66. The van der Waals surface area contributed by atoms with Crippen LogP contribution in [0.2, 0.25) is 0 Å². The fourth-order valence-corrected chi connectivity index (χ4v) is 2.22. The molecule has 0 aromatic heterocycles. The van der Waals surface area contributed by atoms with Crippen LogP contribution in [-0.2, 0) is 6.42 Å². The summed E-state index contributed by atoms with van der Waals surface area (Å²) >= 11 is 3.53. The molecule has 0 spiro atoms. The SMILES string of the molecule is COc1cc(CCN)cc(Br)c1OCCC(C)C. The van der Waals surface area contributed by atoms with Crippen LogP contribution in [0, 0.1) is 5.92 Å². The minimum atomic E-state index is 0.628. The maximum Gasteiger partial charge on any atom is 0.175 e. The highest BCUT2D eigenvalue weighted by Gasteiger charge is 2.11. The van der Waals surface area contributed by atoms with E-state index in [2.05, 4.69) is 29.8 Å². The molecule has 0 bridgehead atoms. The summed E-state index contributed by atoms with van der Waals surface area (Å²) in [5, 5.41) is 0. The van der Waals surface area contributed by atoms with E-state index in [1.165, 1.54) is 0 Å². The van der Waals surface area contributed by atoms with Gasteiger partial charge in [0.15, 0.2) is 11.5 Å². The minimum absolute atomic E-state index is 0.628. The summed E-state index contributed by atoms with van der Waals surface area (Å²) in [6, 6.07) is 4.03. The molecule has 0 aliphatic rings. The first-order chi connectivity index (χ1) is 8.58. The van der Waals surface area contributed by atoms with Crippen LogP contribution in [0.5, 0.6) is 11.5 Å². The predicted molar refractivity (Wildman–Crippen MR) is 78.4 cm³/mol. The third-order valence-corrected chi connectivity index (χ3v) is 3.25. The van der Waals surface area contributed by atoms with Gasteiger partial charge in [0.2, 0.25) is 0 Å². The summed E-state index contributed by atoms with van der Waals surface area (Å²) in [6.45, 7) is 5.69. The lowest BCUT2D eigenvalue weighted by molar-refractivity contribution is 0.271. The zero-order valence-corrected chi connectivity index (χ0v) is 12.9. The van der Waals surface area contributed by atoms with Crippen LogP contribution in [0.15, 0.2) is 16.6 Å².